The standard InChI is InChI=1S/C11H13BrO3/c1-14-9-6-4-3-5-8(7-9)10(12)11(13)15-2/h3,5-7,10H,4H2,1-2H3. The Bertz CT molecular complexity index is 329. The molecule has 1 rings (SSSR count). The van der Waals surface area contributed by atoms with E-state index in [9.17, 15) is 4.79 Å². The van der Waals surface area contributed by atoms with E-state index >= 15 is 0 Å². The fourth-order valence-corrected chi connectivity index (χ4v) is 1.67. The minimum absolute atomic E-state index is 0.316. The number of carbonyl (C=O) groups is 1. The molecule has 15 heavy (non-hydrogen) atoms. The van der Waals surface area contributed by atoms with Crippen molar-refractivity contribution in [2.75, 3.05) is 14.2 Å². The smallest absolute Gasteiger partial charge is 0.324 e. The molecule has 1 aliphatic carbocycles. The Morgan fingerprint density at radius 1 is 1.53 bits per heavy atom. The third kappa shape index (κ3) is 3.23. The van der Waals surface area contributed by atoms with Crippen LogP contribution in [0.1, 0.15) is 6.42 Å². The molecule has 0 fully saturated rings. The highest BCUT2D eigenvalue weighted by Crippen LogP contribution is 2.20. The lowest BCUT2D eigenvalue weighted by molar-refractivity contribution is -0.139. The molecular formula is C11H13BrO3. The van der Waals surface area contributed by atoms with Crippen molar-refractivity contribution in [3.05, 3.63) is 35.6 Å². The lowest BCUT2D eigenvalue weighted by Gasteiger charge is -2.08. The summed E-state index contributed by atoms with van der Waals surface area (Å²) >= 11 is 3.28. The molecule has 1 atom stereocenters. The molecule has 82 valence electrons. The summed E-state index contributed by atoms with van der Waals surface area (Å²) in [6.07, 6.45) is 8.41. The summed E-state index contributed by atoms with van der Waals surface area (Å²) in [5.74, 6) is 0.437. The molecule has 0 amide bonds. The first-order valence-corrected chi connectivity index (χ1v) is 5.44. The molecule has 0 bridgehead atoms. The highest BCUT2D eigenvalue weighted by Gasteiger charge is 2.19. The van der Waals surface area contributed by atoms with E-state index in [0.717, 1.165) is 17.8 Å². The molecular weight excluding hydrogens is 260 g/mol. The van der Waals surface area contributed by atoms with Gasteiger partial charge in [-0.15, -0.1) is 0 Å². The minimum Gasteiger partial charge on any atom is -0.497 e. The molecule has 1 unspecified atom stereocenters. The highest BCUT2D eigenvalue weighted by molar-refractivity contribution is 9.10. The van der Waals surface area contributed by atoms with Crippen LogP contribution < -0.4 is 0 Å². The van der Waals surface area contributed by atoms with Gasteiger partial charge in [-0.05, 0) is 24.1 Å². The zero-order valence-electron chi connectivity index (χ0n) is 8.70. The molecule has 3 nitrogen and oxygen atoms in total. The second kappa shape index (κ2) is 5.75. The third-order valence-corrected chi connectivity index (χ3v) is 2.91. The molecule has 0 heterocycles. The summed E-state index contributed by atoms with van der Waals surface area (Å²) in [4.78, 5) is 10.9. The Morgan fingerprint density at radius 2 is 2.27 bits per heavy atom. The predicted octanol–water partition coefficient (Wildman–Crippen LogP) is 2.34. The van der Waals surface area contributed by atoms with E-state index in [4.69, 9.17) is 4.74 Å². The van der Waals surface area contributed by atoms with Crippen LogP contribution in [0.4, 0.5) is 0 Å². The van der Waals surface area contributed by atoms with E-state index in [-0.39, 0.29) is 5.97 Å². The number of carbonyl (C=O) groups excluding carboxylic acids is 1. The number of hydrogen-bond donors (Lipinski definition) is 0. The highest BCUT2D eigenvalue weighted by atomic mass is 79.9. The minimum atomic E-state index is -0.449. The molecule has 0 saturated heterocycles. The molecule has 0 aromatic rings. The first-order chi connectivity index (χ1) is 7.19. The van der Waals surface area contributed by atoms with Gasteiger partial charge in [-0.3, -0.25) is 4.79 Å². The summed E-state index contributed by atoms with van der Waals surface area (Å²) in [7, 11) is 2.97. The Kier molecular flexibility index (Phi) is 4.62. The summed E-state index contributed by atoms with van der Waals surface area (Å²) in [6.45, 7) is 0. The lowest BCUT2D eigenvalue weighted by atomic mass is 10.1. The van der Waals surface area contributed by atoms with Gasteiger partial charge in [0, 0.05) is 0 Å². The van der Waals surface area contributed by atoms with Crippen molar-refractivity contribution in [1.82, 2.24) is 0 Å². The van der Waals surface area contributed by atoms with E-state index < -0.39 is 4.83 Å². The first kappa shape index (κ1) is 12.0. The lowest BCUT2D eigenvalue weighted by Crippen LogP contribution is -2.17. The molecule has 0 saturated carbocycles. The van der Waals surface area contributed by atoms with Gasteiger partial charge in [0.2, 0.25) is 0 Å². The van der Waals surface area contributed by atoms with Crippen LogP contribution in [0, 0.1) is 0 Å². The molecule has 0 aliphatic heterocycles. The van der Waals surface area contributed by atoms with Gasteiger partial charge in [-0.1, -0.05) is 28.1 Å². The second-order valence-corrected chi connectivity index (χ2v) is 3.89. The van der Waals surface area contributed by atoms with Gasteiger partial charge in [0.25, 0.3) is 0 Å². The number of allylic oxidation sites excluding steroid dienone is 4. The van der Waals surface area contributed by atoms with Crippen LogP contribution in [0.3, 0.4) is 0 Å². The summed E-state index contributed by atoms with van der Waals surface area (Å²) in [5.41, 5.74) is 0.826. The SMILES string of the molecule is COC(=O)C(Br)C1=CC(OC)=CCC=C1. The van der Waals surface area contributed by atoms with Crippen molar-refractivity contribution < 1.29 is 14.3 Å². The van der Waals surface area contributed by atoms with Crippen molar-refractivity contribution in [1.29, 1.82) is 0 Å². The first-order valence-electron chi connectivity index (χ1n) is 4.53. The van der Waals surface area contributed by atoms with E-state index in [1.54, 1.807) is 7.11 Å². The monoisotopic (exact) mass is 272 g/mol. The van der Waals surface area contributed by atoms with Gasteiger partial charge in [-0.25, -0.2) is 0 Å². The fraction of sp³-hybridized carbons (Fsp3) is 0.364. The van der Waals surface area contributed by atoms with E-state index in [1.165, 1.54) is 7.11 Å². The van der Waals surface area contributed by atoms with Gasteiger partial charge in [-0.2, -0.15) is 0 Å². The van der Waals surface area contributed by atoms with Crippen molar-refractivity contribution in [3.8, 4) is 0 Å². The van der Waals surface area contributed by atoms with Crippen LogP contribution >= 0.6 is 15.9 Å². The molecule has 0 radical (unpaired) electrons. The van der Waals surface area contributed by atoms with Crippen molar-refractivity contribution in [2.45, 2.75) is 11.2 Å². The van der Waals surface area contributed by atoms with Crippen molar-refractivity contribution in [2.24, 2.45) is 0 Å². The van der Waals surface area contributed by atoms with Gasteiger partial charge >= 0.3 is 5.97 Å². The summed E-state index contributed by atoms with van der Waals surface area (Å²) in [6, 6.07) is 0. The third-order valence-electron chi connectivity index (χ3n) is 2.01. The van der Waals surface area contributed by atoms with E-state index in [2.05, 4.69) is 20.7 Å². The number of ether oxygens (including phenoxy) is 2. The Balaban J connectivity index is 2.88. The molecule has 4 heteroatoms. The molecule has 0 aromatic heterocycles. The quantitative estimate of drug-likeness (QED) is 0.585. The van der Waals surface area contributed by atoms with Crippen molar-refractivity contribution >= 4 is 21.9 Å². The number of esters is 1. The average Bonchev–Trinajstić information content (AvgIpc) is 2.52. The van der Waals surface area contributed by atoms with Crippen LogP contribution in [0.5, 0.6) is 0 Å². The molecule has 1 aliphatic rings. The largest absolute Gasteiger partial charge is 0.497 e. The zero-order chi connectivity index (χ0) is 11.3. The van der Waals surface area contributed by atoms with Crippen LogP contribution in [0.25, 0.3) is 0 Å². The van der Waals surface area contributed by atoms with Gasteiger partial charge in [0.1, 0.15) is 10.6 Å². The second-order valence-electron chi connectivity index (χ2n) is 2.98. The average molecular weight is 273 g/mol. The maximum atomic E-state index is 11.3. The van der Waals surface area contributed by atoms with Gasteiger partial charge < -0.3 is 9.47 Å². The van der Waals surface area contributed by atoms with Gasteiger partial charge in [0.15, 0.2) is 0 Å². The normalized spacial score (nSPS) is 17.3. The molecule has 0 aromatic carbocycles. The van der Waals surface area contributed by atoms with Gasteiger partial charge in [0.05, 0.1) is 14.2 Å². The number of methoxy groups -OCH3 is 2. The van der Waals surface area contributed by atoms with Crippen LogP contribution in [-0.2, 0) is 14.3 Å². The topological polar surface area (TPSA) is 35.5 Å². The van der Waals surface area contributed by atoms with Crippen LogP contribution in [0.15, 0.2) is 35.6 Å². The predicted molar refractivity (Wildman–Crippen MR) is 61.7 cm³/mol. The molecule has 0 spiro atoms. The summed E-state index contributed by atoms with van der Waals surface area (Å²) in [5, 5.41) is 0. The van der Waals surface area contributed by atoms with Crippen molar-refractivity contribution in [3.63, 3.8) is 0 Å². The number of halogens is 1. The Labute approximate surface area is 97.6 Å². The fourth-order valence-electron chi connectivity index (χ4n) is 1.20. The molecule has 0 N–H and O–H groups in total. The summed E-state index contributed by atoms with van der Waals surface area (Å²) < 4.78 is 9.79. The Hall–Kier alpha value is -1.03. The maximum absolute atomic E-state index is 11.3. The maximum Gasteiger partial charge on any atom is 0.324 e. The number of hydrogen-bond acceptors (Lipinski definition) is 3. The number of alkyl halides is 1. The zero-order valence-corrected chi connectivity index (χ0v) is 10.3. The van der Waals surface area contributed by atoms with Crippen LogP contribution in [0.2, 0.25) is 0 Å². The Morgan fingerprint density at radius 3 is 2.87 bits per heavy atom. The van der Waals surface area contributed by atoms with Crippen LogP contribution in [-0.4, -0.2) is 25.0 Å². The van der Waals surface area contributed by atoms with E-state index in [1.807, 2.05) is 24.3 Å². The number of rotatable bonds is 3. The van der Waals surface area contributed by atoms with E-state index in [0.29, 0.717) is 0 Å².